The lowest BCUT2D eigenvalue weighted by Crippen LogP contribution is -2.37. The number of halogens is 1. The summed E-state index contributed by atoms with van der Waals surface area (Å²) >= 11 is 0. The van der Waals surface area contributed by atoms with Gasteiger partial charge in [0.15, 0.2) is 5.82 Å². The zero-order valence-electron chi connectivity index (χ0n) is 16.8. The van der Waals surface area contributed by atoms with Crippen LogP contribution in [0.1, 0.15) is 12.8 Å². The predicted molar refractivity (Wildman–Crippen MR) is 109 cm³/mol. The van der Waals surface area contributed by atoms with Crippen LogP contribution in [-0.2, 0) is 11.8 Å². The van der Waals surface area contributed by atoms with Gasteiger partial charge in [-0.25, -0.2) is 15.0 Å². The van der Waals surface area contributed by atoms with Gasteiger partial charge in [-0.3, -0.25) is 0 Å². The summed E-state index contributed by atoms with van der Waals surface area (Å²) in [6.45, 7) is 4.58. The SMILES string of the molecule is COCCN1CCC(CNc2nc(F)nc3ccc(-c4cncn4C)nc23)CC1. The fourth-order valence-electron chi connectivity index (χ4n) is 3.73. The Hall–Kier alpha value is -2.65. The predicted octanol–water partition coefficient (Wildman–Crippen LogP) is 2.33. The normalized spacial score (nSPS) is 15.8. The highest BCUT2D eigenvalue weighted by Gasteiger charge is 2.20. The summed E-state index contributed by atoms with van der Waals surface area (Å²) in [5.41, 5.74) is 2.69. The number of anilines is 1. The first-order valence-corrected chi connectivity index (χ1v) is 9.90. The third kappa shape index (κ3) is 4.51. The van der Waals surface area contributed by atoms with Crippen molar-refractivity contribution in [1.29, 1.82) is 0 Å². The van der Waals surface area contributed by atoms with Gasteiger partial charge in [0.05, 0.1) is 36.0 Å². The smallest absolute Gasteiger partial charge is 0.311 e. The number of rotatable bonds is 7. The largest absolute Gasteiger partial charge is 0.383 e. The third-order valence-electron chi connectivity index (χ3n) is 5.47. The molecule has 0 radical (unpaired) electrons. The minimum absolute atomic E-state index is 0.443. The second kappa shape index (κ2) is 8.79. The van der Waals surface area contributed by atoms with E-state index in [-0.39, 0.29) is 0 Å². The number of methoxy groups -OCH3 is 1. The molecule has 4 rings (SSSR count). The van der Waals surface area contributed by atoms with Crippen LogP contribution in [0.3, 0.4) is 0 Å². The molecule has 0 aliphatic carbocycles. The van der Waals surface area contributed by atoms with Crippen molar-refractivity contribution in [1.82, 2.24) is 29.4 Å². The van der Waals surface area contributed by atoms with Crippen LogP contribution < -0.4 is 5.32 Å². The van der Waals surface area contributed by atoms with Crippen LogP contribution in [-0.4, -0.2) is 69.3 Å². The van der Waals surface area contributed by atoms with Crippen LogP contribution in [0.25, 0.3) is 22.4 Å². The highest BCUT2D eigenvalue weighted by atomic mass is 19.1. The monoisotopic (exact) mass is 399 g/mol. The van der Waals surface area contributed by atoms with Crippen LogP contribution in [0, 0.1) is 12.0 Å². The minimum Gasteiger partial charge on any atom is -0.383 e. The molecule has 8 nitrogen and oxygen atoms in total. The summed E-state index contributed by atoms with van der Waals surface area (Å²) in [6.07, 6.45) is 4.92. The van der Waals surface area contributed by atoms with Gasteiger partial charge < -0.3 is 19.5 Å². The number of aromatic nitrogens is 5. The van der Waals surface area contributed by atoms with E-state index in [1.54, 1.807) is 25.7 Å². The van der Waals surface area contributed by atoms with Crippen molar-refractivity contribution in [3.8, 4) is 11.4 Å². The molecule has 0 spiro atoms. The molecule has 0 bridgehead atoms. The Kier molecular flexibility index (Phi) is 5.96. The zero-order chi connectivity index (χ0) is 20.2. The van der Waals surface area contributed by atoms with Gasteiger partial charge in [-0.2, -0.15) is 9.37 Å². The Bertz CT molecular complexity index is 969. The Morgan fingerprint density at radius 1 is 1.21 bits per heavy atom. The molecule has 154 valence electrons. The summed E-state index contributed by atoms with van der Waals surface area (Å²) in [5.74, 6) is 0.959. The fourth-order valence-corrected chi connectivity index (χ4v) is 3.73. The topological polar surface area (TPSA) is 81.0 Å². The molecule has 0 atom stereocenters. The van der Waals surface area contributed by atoms with Crippen molar-refractivity contribution in [2.45, 2.75) is 12.8 Å². The first-order chi connectivity index (χ1) is 14.1. The van der Waals surface area contributed by atoms with Gasteiger partial charge in [-0.1, -0.05) is 0 Å². The van der Waals surface area contributed by atoms with Gasteiger partial charge in [0.1, 0.15) is 5.52 Å². The molecule has 1 aliphatic rings. The van der Waals surface area contributed by atoms with Crippen molar-refractivity contribution < 1.29 is 9.13 Å². The van der Waals surface area contributed by atoms with Crippen molar-refractivity contribution in [2.24, 2.45) is 13.0 Å². The van der Waals surface area contributed by atoms with Gasteiger partial charge in [-0.15, -0.1) is 0 Å². The average Bonchev–Trinajstić information content (AvgIpc) is 3.16. The Balaban J connectivity index is 1.49. The van der Waals surface area contributed by atoms with Crippen molar-refractivity contribution in [3.05, 3.63) is 30.7 Å². The van der Waals surface area contributed by atoms with Crippen molar-refractivity contribution in [3.63, 3.8) is 0 Å². The third-order valence-corrected chi connectivity index (χ3v) is 5.47. The summed E-state index contributed by atoms with van der Waals surface area (Å²) in [6, 6.07) is 3.60. The number of nitrogens with one attached hydrogen (secondary N) is 1. The molecule has 1 saturated heterocycles. The maximum absolute atomic E-state index is 13.9. The lowest BCUT2D eigenvalue weighted by molar-refractivity contribution is 0.122. The fraction of sp³-hybridized carbons (Fsp3) is 0.500. The standard InChI is InChI=1S/C20H26FN7O/c1-27-13-22-12-17(27)15-3-4-16-18(24-15)19(26-20(21)25-16)23-11-14-5-7-28(8-6-14)9-10-29-2/h3-4,12-14H,5-11H2,1-2H3,(H,23,25,26). The molecule has 0 amide bonds. The number of imidazole rings is 1. The van der Waals surface area contributed by atoms with Crippen molar-refractivity contribution in [2.75, 3.05) is 45.2 Å². The number of piperidine rings is 1. The van der Waals surface area contributed by atoms with E-state index in [1.165, 1.54) is 0 Å². The van der Waals surface area contributed by atoms with Crippen LogP contribution in [0.4, 0.5) is 10.2 Å². The first-order valence-electron chi connectivity index (χ1n) is 9.90. The van der Waals surface area contributed by atoms with Crippen LogP contribution in [0.5, 0.6) is 0 Å². The van der Waals surface area contributed by atoms with Gasteiger partial charge >= 0.3 is 6.08 Å². The van der Waals surface area contributed by atoms with E-state index >= 15 is 0 Å². The lowest BCUT2D eigenvalue weighted by Gasteiger charge is -2.31. The molecule has 1 fully saturated rings. The summed E-state index contributed by atoms with van der Waals surface area (Å²) < 4.78 is 21.0. The molecule has 0 saturated carbocycles. The molecular weight excluding hydrogens is 373 g/mol. The molecule has 9 heteroatoms. The van der Waals surface area contributed by atoms with Gasteiger partial charge in [0, 0.05) is 27.2 Å². The number of pyridine rings is 1. The van der Waals surface area contributed by atoms with E-state index < -0.39 is 6.08 Å². The van der Waals surface area contributed by atoms with E-state index in [0.717, 1.165) is 57.0 Å². The van der Waals surface area contributed by atoms with Gasteiger partial charge in [0.2, 0.25) is 0 Å². The highest BCUT2D eigenvalue weighted by Crippen LogP contribution is 2.24. The quantitative estimate of drug-likeness (QED) is 0.611. The van der Waals surface area contributed by atoms with Gasteiger partial charge in [0.25, 0.3) is 0 Å². The molecule has 0 unspecified atom stereocenters. The maximum Gasteiger partial charge on any atom is 0.311 e. The lowest BCUT2D eigenvalue weighted by atomic mass is 9.97. The van der Waals surface area contributed by atoms with E-state index in [2.05, 4.69) is 25.2 Å². The van der Waals surface area contributed by atoms with E-state index in [0.29, 0.717) is 22.8 Å². The molecule has 0 aromatic carbocycles. The zero-order valence-corrected chi connectivity index (χ0v) is 16.8. The number of hydrogen-bond acceptors (Lipinski definition) is 7. The Morgan fingerprint density at radius 2 is 2.03 bits per heavy atom. The molecule has 4 heterocycles. The number of ether oxygens (including phenoxy) is 1. The van der Waals surface area contributed by atoms with Crippen LogP contribution in [0.2, 0.25) is 0 Å². The number of nitrogens with zero attached hydrogens (tertiary/aromatic N) is 6. The highest BCUT2D eigenvalue weighted by molar-refractivity contribution is 5.86. The molecule has 1 N–H and O–H groups in total. The van der Waals surface area contributed by atoms with Crippen LogP contribution >= 0.6 is 0 Å². The summed E-state index contributed by atoms with van der Waals surface area (Å²) in [5, 5.41) is 3.32. The Labute approximate surface area is 169 Å². The molecule has 3 aromatic rings. The second-order valence-electron chi connectivity index (χ2n) is 7.45. The second-order valence-corrected chi connectivity index (χ2v) is 7.45. The average molecular weight is 399 g/mol. The van der Waals surface area contributed by atoms with E-state index in [4.69, 9.17) is 9.72 Å². The first kappa shape index (κ1) is 19.7. The van der Waals surface area contributed by atoms with E-state index in [1.807, 2.05) is 17.7 Å². The molecule has 3 aromatic heterocycles. The minimum atomic E-state index is -0.746. The molecular formula is C20H26FN7O. The number of aryl methyl sites for hydroxylation is 1. The number of hydrogen-bond donors (Lipinski definition) is 1. The van der Waals surface area contributed by atoms with Gasteiger partial charge in [-0.05, 0) is 44.0 Å². The molecule has 29 heavy (non-hydrogen) atoms. The maximum atomic E-state index is 13.9. The summed E-state index contributed by atoms with van der Waals surface area (Å²) in [7, 11) is 3.64. The Morgan fingerprint density at radius 3 is 2.76 bits per heavy atom. The molecule has 1 aliphatic heterocycles. The number of likely N-dealkylation sites (tertiary alicyclic amines) is 1. The van der Waals surface area contributed by atoms with Crippen LogP contribution in [0.15, 0.2) is 24.7 Å². The summed E-state index contributed by atoms with van der Waals surface area (Å²) in [4.78, 5) is 19.1. The van der Waals surface area contributed by atoms with Crippen molar-refractivity contribution >= 4 is 16.9 Å². The number of fused-ring (bicyclic) bond motifs is 1. The van der Waals surface area contributed by atoms with E-state index in [9.17, 15) is 4.39 Å².